The van der Waals surface area contributed by atoms with Crippen LogP contribution in [0.3, 0.4) is 0 Å². The van der Waals surface area contributed by atoms with Crippen molar-refractivity contribution >= 4 is 33.0 Å². The number of piperazine rings is 1. The lowest BCUT2D eigenvalue weighted by molar-refractivity contribution is 0.163. The van der Waals surface area contributed by atoms with Gasteiger partial charge in [0.25, 0.3) is 10.0 Å². The van der Waals surface area contributed by atoms with Gasteiger partial charge in [-0.05, 0) is 18.1 Å². The first-order valence-electron chi connectivity index (χ1n) is 8.14. The molecule has 1 saturated heterocycles. The summed E-state index contributed by atoms with van der Waals surface area (Å²) in [7, 11) is -3.46. The van der Waals surface area contributed by atoms with Crippen LogP contribution in [-0.4, -0.2) is 53.9 Å². The van der Waals surface area contributed by atoms with Gasteiger partial charge in [0.15, 0.2) is 5.82 Å². The van der Waals surface area contributed by atoms with Crippen molar-refractivity contribution in [3.8, 4) is 0 Å². The largest absolute Gasteiger partial charge is 0.338 e. The molecule has 25 heavy (non-hydrogen) atoms. The number of sulfonamides is 1. The maximum Gasteiger partial charge on any atom is 0.252 e. The Bertz CT molecular complexity index is 810. The van der Waals surface area contributed by atoms with Gasteiger partial charge in [0, 0.05) is 32.6 Å². The van der Waals surface area contributed by atoms with Crippen LogP contribution in [0.15, 0.2) is 20.9 Å². The van der Waals surface area contributed by atoms with E-state index in [1.165, 1.54) is 4.31 Å². The van der Waals surface area contributed by atoms with E-state index in [1.54, 1.807) is 12.1 Å². The molecule has 0 aromatic carbocycles. The van der Waals surface area contributed by atoms with Crippen LogP contribution in [0, 0.1) is 5.92 Å². The number of halogens is 1. The van der Waals surface area contributed by atoms with Gasteiger partial charge >= 0.3 is 0 Å². The standard InChI is InChI=1S/C15H21ClN4O3S2/c1-11(2)9-13-17-14(23-18-13)10-19-5-7-20(8-6-19)25(21,22)15-4-3-12(16)24-15/h3-4,11H,5-10H2,1-2H3. The van der Waals surface area contributed by atoms with E-state index in [0.29, 0.717) is 53.1 Å². The molecule has 0 radical (unpaired) electrons. The molecule has 1 fully saturated rings. The molecule has 0 aliphatic carbocycles. The molecule has 2 aromatic heterocycles. The first-order valence-corrected chi connectivity index (χ1v) is 10.8. The molecule has 0 amide bonds. The van der Waals surface area contributed by atoms with Crippen molar-refractivity contribution in [1.29, 1.82) is 0 Å². The van der Waals surface area contributed by atoms with Gasteiger partial charge in [-0.3, -0.25) is 4.90 Å². The highest BCUT2D eigenvalue weighted by atomic mass is 35.5. The van der Waals surface area contributed by atoms with E-state index in [1.807, 2.05) is 0 Å². The van der Waals surface area contributed by atoms with Crippen LogP contribution in [0.25, 0.3) is 0 Å². The first kappa shape index (κ1) is 18.8. The Balaban J connectivity index is 1.56. The molecule has 0 atom stereocenters. The summed E-state index contributed by atoms with van der Waals surface area (Å²) in [4.78, 5) is 6.52. The van der Waals surface area contributed by atoms with Crippen LogP contribution in [0.2, 0.25) is 4.34 Å². The lowest BCUT2D eigenvalue weighted by Crippen LogP contribution is -2.48. The third-order valence-corrected chi connectivity index (χ3v) is 7.53. The fourth-order valence-corrected chi connectivity index (χ4v) is 5.74. The third kappa shape index (κ3) is 4.59. The molecule has 0 unspecified atom stereocenters. The number of nitrogens with zero attached hydrogens (tertiary/aromatic N) is 4. The molecule has 138 valence electrons. The quantitative estimate of drug-likeness (QED) is 0.735. The monoisotopic (exact) mass is 404 g/mol. The second kappa shape index (κ2) is 7.71. The molecular formula is C15H21ClN4O3S2. The topological polar surface area (TPSA) is 79.5 Å². The predicted molar refractivity (Wildman–Crippen MR) is 96.2 cm³/mol. The molecule has 1 aliphatic heterocycles. The van der Waals surface area contributed by atoms with Crippen LogP contribution >= 0.6 is 22.9 Å². The molecule has 1 aliphatic rings. The third-order valence-electron chi connectivity index (χ3n) is 3.93. The first-order chi connectivity index (χ1) is 11.8. The van der Waals surface area contributed by atoms with Crippen molar-refractivity contribution in [2.45, 2.75) is 31.0 Å². The Morgan fingerprint density at radius 2 is 2.00 bits per heavy atom. The van der Waals surface area contributed by atoms with E-state index >= 15 is 0 Å². The van der Waals surface area contributed by atoms with Gasteiger partial charge in [0.05, 0.1) is 10.9 Å². The Kier molecular flexibility index (Phi) is 5.79. The zero-order valence-corrected chi connectivity index (χ0v) is 16.6. The van der Waals surface area contributed by atoms with Crippen molar-refractivity contribution in [3.63, 3.8) is 0 Å². The molecule has 0 bridgehead atoms. The highest BCUT2D eigenvalue weighted by molar-refractivity contribution is 7.91. The lowest BCUT2D eigenvalue weighted by Gasteiger charge is -2.32. The molecule has 3 rings (SSSR count). The summed E-state index contributed by atoms with van der Waals surface area (Å²) in [5.41, 5.74) is 0. The molecule has 0 spiro atoms. The molecule has 3 heterocycles. The van der Waals surface area contributed by atoms with E-state index in [9.17, 15) is 8.42 Å². The summed E-state index contributed by atoms with van der Waals surface area (Å²) >= 11 is 6.94. The maximum atomic E-state index is 12.6. The summed E-state index contributed by atoms with van der Waals surface area (Å²) in [6.07, 6.45) is 0.791. The van der Waals surface area contributed by atoms with Gasteiger partial charge in [-0.2, -0.15) is 9.29 Å². The Morgan fingerprint density at radius 1 is 1.28 bits per heavy atom. The predicted octanol–water partition coefficient (Wildman–Crippen LogP) is 2.49. The van der Waals surface area contributed by atoms with Crippen molar-refractivity contribution < 1.29 is 12.9 Å². The molecule has 7 nitrogen and oxygen atoms in total. The Morgan fingerprint density at radius 3 is 2.60 bits per heavy atom. The van der Waals surface area contributed by atoms with Crippen LogP contribution in [0.1, 0.15) is 25.6 Å². The molecule has 0 N–H and O–H groups in total. The second-order valence-corrected chi connectivity index (χ2v) is 10.3. The zero-order valence-electron chi connectivity index (χ0n) is 14.2. The van der Waals surface area contributed by atoms with Crippen LogP contribution < -0.4 is 0 Å². The van der Waals surface area contributed by atoms with Crippen molar-refractivity contribution in [2.75, 3.05) is 26.2 Å². The normalized spacial score (nSPS) is 17.4. The van der Waals surface area contributed by atoms with E-state index < -0.39 is 10.0 Å². The van der Waals surface area contributed by atoms with Gasteiger partial charge in [0.1, 0.15) is 4.21 Å². The number of aromatic nitrogens is 2. The summed E-state index contributed by atoms with van der Waals surface area (Å²) in [5, 5.41) is 3.99. The fourth-order valence-electron chi connectivity index (χ4n) is 2.69. The Labute approximate surface area is 156 Å². The van der Waals surface area contributed by atoms with Gasteiger partial charge in [0.2, 0.25) is 5.89 Å². The number of hydrogen-bond acceptors (Lipinski definition) is 7. The average molecular weight is 405 g/mol. The average Bonchev–Trinajstić information content (AvgIpc) is 3.17. The second-order valence-electron chi connectivity index (χ2n) is 6.44. The van der Waals surface area contributed by atoms with Crippen LogP contribution in [-0.2, 0) is 23.0 Å². The van der Waals surface area contributed by atoms with E-state index in [0.717, 1.165) is 23.6 Å². The Hall–Kier alpha value is -1.00. The molecule has 2 aromatic rings. The summed E-state index contributed by atoms with van der Waals surface area (Å²) in [6.45, 7) is 6.88. The highest BCUT2D eigenvalue weighted by Gasteiger charge is 2.30. The lowest BCUT2D eigenvalue weighted by atomic mass is 10.1. The number of thiophene rings is 1. The SMILES string of the molecule is CC(C)Cc1noc(CN2CCN(S(=O)(=O)c3ccc(Cl)s3)CC2)n1. The summed E-state index contributed by atoms with van der Waals surface area (Å²) in [6, 6.07) is 3.17. The van der Waals surface area contributed by atoms with Crippen molar-refractivity contribution in [3.05, 3.63) is 28.2 Å². The minimum Gasteiger partial charge on any atom is -0.338 e. The minimum atomic E-state index is -3.46. The van der Waals surface area contributed by atoms with Gasteiger partial charge < -0.3 is 4.52 Å². The van der Waals surface area contributed by atoms with Gasteiger partial charge in [-0.25, -0.2) is 8.42 Å². The summed E-state index contributed by atoms with van der Waals surface area (Å²) in [5.74, 6) is 1.78. The zero-order chi connectivity index (χ0) is 18.0. The van der Waals surface area contributed by atoms with E-state index in [-0.39, 0.29) is 0 Å². The van der Waals surface area contributed by atoms with Crippen LogP contribution in [0.4, 0.5) is 0 Å². The summed E-state index contributed by atoms with van der Waals surface area (Å²) < 4.78 is 32.7. The molecule has 10 heteroatoms. The fraction of sp³-hybridized carbons (Fsp3) is 0.600. The van der Waals surface area contributed by atoms with Crippen LogP contribution in [0.5, 0.6) is 0 Å². The van der Waals surface area contributed by atoms with Crippen molar-refractivity contribution in [1.82, 2.24) is 19.3 Å². The molecule has 0 saturated carbocycles. The van der Waals surface area contributed by atoms with E-state index in [4.69, 9.17) is 16.1 Å². The van der Waals surface area contributed by atoms with Gasteiger partial charge in [-0.1, -0.05) is 30.6 Å². The van der Waals surface area contributed by atoms with E-state index in [2.05, 4.69) is 28.9 Å². The minimum absolute atomic E-state index is 0.293. The number of hydrogen-bond donors (Lipinski definition) is 0. The highest BCUT2D eigenvalue weighted by Crippen LogP contribution is 2.28. The smallest absolute Gasteiger partial charge is 0.252 e. The maximum absolute atomic E-state index is 12.6. The van der Waals surface area contributed by atoms with Gasteiger partial charge in [-0.15, -0.1) is 11.3 Å². The molecular weight excluding hydrogens is 384 g/mol. The number of rotatable bonds is 6. The van der Waals surface area contributed by atoms with Crippen molar-refractivity contribution in [2.24, 2.45) is 5.92 Å².